The first-order valence-corrected chi connectivity index (χ1v) is 10.4. The van der Waals surface area contributed by atoms with Gasteiger partial charge in [-0.15, -0.1) is 0 Å². The number of aliphatic hydroxyl groups excluding tert-OH is 1. The molecule has 0 amide bonds. The summed E-state index contributed by atoms with van der Waals surface area (Å²) in [5.41, 5.74) is 0. The van der Waals surface area contributed by atoms with E-state index >= 15 is 0 Å². The molecule has 11 nitrogen and oxygen atoms in total. The number of aliphatic hydroxyl groups is 2. The van der Waals surface area contributed by atoms with E-state index in [2.05, 4.69) is 6.92 Å². The van der Waals surface area contributed by atoms with Crippen LogP contribution in [0.25, 0.3) is 0 Å². The number of aliphatic carboxylic acids is 3. The van der Waals surface area contributed by atoms with Gasteiger partial charge in [-0.25, -0.2) is 0 Å². The molecule has 4 N–H and O–H groups in total. The number of unbranched alkanes of at least 4 members (excludes halogenated alkanes) is 6. The van der Waals surface area contributed by atoms with Crippen LogP contribution in [-0.4, -0.2) is 57.2 Å². The van der Waals surface area contributed by atoms with E-state index in [9.17, 15) is 33.0 Å². The Morgan fingerprint density at radius 3 is 1.84 bits per heavy atom. The van der Waals surface area contributed by atoms with E-state index in [1.165, 1.54) is 32.1 Å². The summed E-state index contributed by atoms with van der Waals surface area (Å²) in [5, 5.41) is 45.9. The second kappa shape index (κ2) is 20.6. The van der Waals surface area contributed by atoms with Crippen molar-refractivity contribution in [3.8, 4) is 0 Å². The maximum Gasteiger partial charge on any atom is 1.00 e. The maximum absolute atomic E-state index is 10.8. The van der Waals surface area contributed by atoms with Crippen LogP contribution in [0.3, 0.4) is 0 Å². The summed E-state index contributed by atoms with van der Waals surface area (Å²) in [4.78, 5) is 30.9. The monoisotopic (exact) mass is 486 g/mol. The van der Waals surface area contributed by atoms with Crippen molar-refractivity contribution in [2.45, 2.75) is 75.7 Å². The van der Waals surface area contributed by atoms with Gasteiger partial charge in [0.1, 0.15) is 0 Å². The molecule has 0 aromatic carbocycles. The molecule has 0 saturated carbocycles. The number of carbonyl (C=O) groups is 3. The molecular weight excluding hydrogens is 458 g/mol. The molecule has 0 aliphatic carbocycles. The average Bonchev–Trinajstić information content (AvgIpc) is 2.55. The van der Waals surface area contributed by atoms with Crippen molar-refractivity contribution in [1.29, 1.82) is 0 Å². The van der Waals surface area contributed by atoms with Crippen molar-refractivity contribution in [2.75, 3.05) is 0 Å². The second-order valence-corrected chi connectivity index (χ2v) is 8.02. The molecule has 0 bridgehead atoms. The van der Waals surface area contributed by atoms with Gasteiger partial charge in [0, 0.05) is 6.42 Å². The molecule has 1 atom stereocenters. The Bertz CT molecular complexity index is 650. The Morgan fingerprint density at radius 2 is 1.48 bits per heavy atom. The Hall–Kier alpha value is -0.0200. The van der Waals surface area contributed by atoms with E-state index < -0.39 is 51.9 Å². The van der Waals surface area contributed by atoms with Crippen LogP contribution in [0.4, 0.5) is 0 Å². The molecular formula is C17H28Na2O11S. The van der Waals surface area contributed by atoms with E-state index in [0.29, 0.717) is 0 Å². The van der Waals surface area contributed by atoms with Crippen LogP contribution in [0.5, 0.6) is 0 Å². The maximum atomic E-state index is 10.8. The summed E-state index contributed by atoms with van der Waals surface area (Å²) >= 11 is 0. The van der Waals surface area contributed by atoms with Crippen LogP contribution in [0.15, 0.2) is 12.2 Å². The van der Waals surface area contributed by atoms with Crippen LogP contribution in [0.1, 0.15) is 64.7 Å². The zero-order valence-corrected chi connectivity index (χ0v) is 23.0. The number of carboxylic acids is 3. The molecule has 0 radical (unpaired) electrons. The van der Waals surface area contributed by atoms with E-state index in [0.717, 1.165) is 18.9 Å². The Balaban J connectivity index is -0.000000225. The van der Waals surface area contributed by atoms with Gasteiger partial charge in [-0.3, -0.25) is 9.35 Å². The minimum atomic E-state index is -5.38. The van der Waals surface area contributed by atoms with Crippen molar-refractivity contribution in [3.63, 3.8) is 0 Å². The normalized spacial score (nSPS) is 12.7. The fourth-order valence-corrected chi connectivity index (χ4v) is 3.17. The number of carboxylic acid groups (broad SMARTS) is 3. The van der Waals surface area contributed by atoms with Gasteiger partial charge >= 0.3 is 65.1 Å². The van der Waals surface area contributed by atoms with Crippen molar-refractivity contribution in [3.05, 3.63) is 12.2 Å². The molecule has 0 spiro atoms. The van der Waals surface area contributed by atoms with Gasteiger partial charge in [-0.05, 0) is 18.9 Å². The first-order valence-electron chi connectivity index (χ1n) is 8.94. The van der Waals surface area contributed by atoms with Crippen LogP contribution in [0.2, 0.25) is 0 Å². The standard InChI is InChI=1S/C11H20O2.C6H10O9S.2Na/c1-2-3-4-5-6-7-8-9-10-11(12)13;7-3(8)1-6(5(11)12,2-4(9)10)16(13,14)15;;/h9-10H,2-8H2,1H3,(H,12,13);3,7-8H,1-2H2,(H,9,10)(H,11,12)(H,13,14,15);;/q;;2*+1/p-2. The molecule has 0 aromatic heterocycles. The first kappa shape index (κ1) is 38.3. The van der Waals surface area contributed by atoms with Crippen molar-refractivity contribution in [1.82, 2.24) is 0 Å². The molecule has 0 heterocycles. The van der Waals surface area contributed by atoms with Crippen LogP contribution in [0, 0.1) is 0 Å². The second-order valence-electron chi connectivity index (χ2n) is 6.29. The third kappa shape index (κ3) is 19.2. The fourth-order valence-electron chi connectivity index (χ4n) is 2.29. The summed E-state index contributed by atoms with van der Waals surface area (Å²) in [6, 6.07) is 0. The SMILES string of the molecule is CCCCCCCCC=CC(=O)[O-].O=C(O)CC(CC(O)O)(C(=O)[O-])S(=O)(=O)O.[Na+].[Na+]. The zero-order chi connectivity index (χ0) is 23.1. The summed E-state index contributed by atoms with van der Waals surface area (Å²) in [6.45, 7) is 2.20. The molecule has 170 valence electrons. The quantitative estimate of drug-likeness (QED) is 0.0595. The molecule has 0 aromatic rings. The number of allylic oxidation sites excluding steroid dienone is 1. The number of hydrogen-bond donors (Lipinski definition) is 4. The third-order valence-electron chi connectivity index (χ3n) is 3.79. The van der Waals surface area contributed by atoms with E-state index in [-0.39, 0.29) is 59.1 Å². The summed E-state index contributed by atoms with van der Waals surface area (Å²) < 4.78 is 27.0. The van der Waals surface area contributed by atoms with Gasteiger partial charge in [-0.2, -0.15) is 8.42 Å². The summed E-state index contributed by atoms with van der Waals surface area (Å²) in [5.74, 6) is -5.38. The molecule has 0 fully saturated rings. The molecule has 0 aliphatic rings. The molecule has 1 unspecified atom stereocenters. The average molecular weight is 486 g/mol. The van der Waals surface area contributed by atoms with E-state index in [1.54, 1.807) is 6.08 Å². The Kier molecular flexibility index (Phi) is 25.4. The summed E-state index contributed by atoms with van der Waals surface area (Å²) in [7, 11) is -5.38. The van der Waals surface area contributed by atoms with Gasteiger partial charge in [0.15, 0.2) is 11.0 Å². The molecule has 31 heavy (non-hydrogen) atoms. The molecule has 0 aliphatic heterocycles. The van der Waals surface area contributed by atoms with E-state index in [1.807, 2.05) is 0 Å². The van der Waals surface area contributed by atoms with Crippen LogP contribution < -0.4 is 69.3 Å². The smallest absolute Gasteiger partial charge is 0.548 e. The largest absolute Gasteiger partial charge is 1.00 e. The van der Waals surface area contributed by atoms with Gasteiger partial charge < -0.3 is 35.1 Å². The minimum Gasteiger partial charge on any atom is -0.548 e. The van der Waals surface area contributed by atoms with Gasteiger partial charge in [0.05, 0.1) is 18.4 Å². The topological polar surface area (TPSA) is 212 Å². The third-order valence-corrected chi connectivity index (χ3v) is 5.26. The first-order chi connectivity index (χ1) is 13.3. The summed E-state index contributed by atoms with van der Waals surface area (Å²) in [6.07, 6.45) is 5.71. The Labute approximate surface area is 226 Å². The van der Waals surface area contributed by atoms with Gasteiger partial charge in [0.25, 0.3) is 10.1 Å². The minimum absolute atomic E-state index is 0. The van der Waals surface area contributed by atoms with Crippen molar-refractivity contribution >= 4 is 28.0 Å². The van der Waals surface area contributed by atoms with Gasteiger partial charge in [-0.1, -0.05) is 45.1 Å². The predicted molar refractivity (Wildman–Crippen MR) is 96.5 cm³/mol. The van der Waals surface area contributed by atoms with Gasteiger partial charge in [0.2, 0.25) is 0 Å². The predicted octanol–water partition coefficient (Wildman–Crippen LogP) is -7.41. The fraction of sp³-hybridized carbons (Fsp3) is 0.706. The number of rotatable bonds is 14. The molecule has 14 heteroatoms. The molecule has 0 saturated heterocycles. The Morgan fingerprint density at radius 1 is 1.00 bits per heavy atom. The number of hydrogen-bond acceptors (Lipinski definition) is 9. The molecule has 0 rings (SSSR count). The van der Waals surface area contributed by atoms with Crippen LogP contribution in [-0.2, 0) is 24.5 Å². The zero-order valence-electron chi connectivity index (χ0n) is 18.2. The van der Waals surface area contributed by atoms with E-state index in [4.69, 9.17) is 19.9 Å². The van der Waals surface area contributed by atoms with Crippen molar-refractivity contribution < 1.29 is 112 Å². The van der Waals surface area contributed by atoms with Crippen LogP contribution >= 0.6 is 0 Å². The van der Waals surface area contributed by atoms with Crippen molar-refractivity contribution in [2.24, 2.45) is 0 Å². The number of carbonyl (C=O) groups excluding carboxylic acids is 2.